The van der Waals surface area contributed by atoms with Crippen LogP contribution in [0.1, 0.15) is 26.5 Å². The van der Waals surface area contributed by atoms with Crippen LogP contribution in [-0.4, -0.2) is 25.0 Å². The molecular weight excluding hydrogens is 372 g/mol. The number of benzene rings is 1. The number of hydrogen-bond acceptors (Lipinski definition) is 6. The van der Waals surface area contributed by atoms with Gasteiger partial charge in [0, 0.05) is 6.54 Å². The molecule has 0 bridgehead atoms. The maximum atomic E-state index is 8.88. The van der Waals surface area contributed by atoms with Gasteiger partial charge in [-0.2, -0.15) is 10.2 Å². The summed E-state index contributed by atoms with van der Waals surface area (Å²) in [6, 6.07) is 5.65. The van der Waals surface area contributed by atoms with E-state index in [1.165, 1.54) is 12.4 Å². The highest BCUT2D eigenvalue weighted by atomic mass is 79.9. The SMILES string of the molecule is CC(C)(C)Cn1nnc2c(Br)c(Oc3cncc(C#N)n3)ccc21. The lowest BCUT2D eigenvalue weighted by Gasteiger charge is -2.17. The van der Waals surface area contributed by atoms with Crippen molar-refractivity contribution in [2.75, 3.05) is 0 Å². The van der Waals surface area contributed by atoms with Crippen LogP contribution < -0.4 is 4.74 Å². The maximum absolute atomic E-state index is 8.88. The largest absolute Gasteiger partial charge is 0.436 e. The molecule has 7 nitrogen and oxygen atoms in total. The van der Waals surface area contributed by atoms with Crippen LogP contribution in [0.15, 0.2) is 29.0 Å². The molecule has 24 heavy (non-hydrogen) atoms. The fourth-order valence-corrected chi connectivity index (χ4v) is 2.69. The molecule has 0 fully saturated rings. The number of rotatable bonds is 3. The summed E-state index contributed by atoms with van der Waals surface area (Å²) in [6.45, 7) is 7.20. The lowest BCUT2D eigenvalue weighted by Crippen LogP contribution is -2.16. The summed E-state index contributed by atoms with van der Waals surface area (Å²) in [5.41, 5.74) is 1.92. The molecule has 0 atom stereocenters. The topological polar surface area (TPSA) is 89.5 Å². The van der Waals surface area contributed by atoms with Gasteiger partial charge in [0.2, 0.25) is 5.88 Å². The van der Waals surface area contributed by atoms with Gasteiger partial charge in [0.25, 0.3) is 0 Å². The molecule has 2 aromatic heterocycles. The van der Waals surface area contributed by atoms with Crippen LogP contribution in [0.4, 0.5) is 0 Å². The number of ether oxygens (including phenoxy) is 1. The lowest BCUT2D eigenvalue weighted by atomic mass is 9.97. The van der Waals surface area contributed by atoms with E-state index in [1.807, 2.05) is 22.9 Å². The molecule has 122 valence electrons. The van der Waals surface area contributed by atoms with Gasteiger partial charge in [-0.05, 0) is 33.5 Å². The van der Waals surface area contributed by atoms with Crippen molar-refractivity contribution < 1.29 is 4.74 Å². The van der Waals surface area contributed by atoms with Crippen LogP contribution in [0.5, 0.6) is 11.6 Å². The van der Waals surface area contributed by atoms with E-state index >= 15 is 0 Å². The van der Waals surface area contributed by atoms with Gasteiger partial charge in [-0.3, -0.25) is 4.98 Å². The number of fused-ring (bicyclic) bond motifs is 1. The minimum absolute atomic E-state index is 0.0929. The average molecular weight is 387 g/mol. The van der Waals surface area contributed by atoms with E-state index in [-0.39, 0.29) is 17.0 Å². The van der Waals surface area contributed by atoms with Gasteiger partial charge < -0.3 is 4.74 Å². The zero-order chi connectivity index (χ0) is 17.3. The van der Waals surface area contributed by atoms with E-state index in [1.54, 1.807) is 0 Å². The number of nitriles is 1. The summed E-state index contributed by atoms with van der Waals surface area (Å²) in [5, 5.41) is 17.3. The first-order valence-electron chi connectivity index (χ1n) is 7.29. The fraction of sp³-hybridized carbons (Fsp3) is 0.312. The van der Waals surface area contributed by atoms with E-state index in [0.717, 1.165) is 12.1 Å². The van der Waals surface area contributed by atoms with Crippen LogP contribution in [0, 0.1) is 16.7 Å². The zero-order valence-electron chi connectivity index (χ0n) is 13.5. The highest BCUT2D eigenvalue weighted by Gasteiger charge is 2.18. The summed E-state index contributed by atoms with van der Waals surface area (Å²) in [6.07, 6.45) is 2.83. The molecule has 0 aliphatic carbocycles. The Labute approximate surface area is 147 Å². The van der Waals surface area contributed by atoms with Gasteiger partial charge >= 0.3 is 0 Å². The molecule has 0 N–H and O–H groups in total. The third-order valence-electron chi connectivity index (χ3n) is 3.16. The lowest BCUT2D eigenvalue weighted by molar-refractivity contribution is 0.327. The van der Waals surface area contributed by atoms with Crippen molar-refractivity contribution in [3.63, 3.8) is 0 Å². The van der Waals surface area contributed by atoms with Crippen molar-refractivity contribution in [1.29, 1.82) is 5.26 Å². The van der Waals surface area contributed by atoms with Gasteiger partial charge in [-0.1, -0.05) is 26.0 Å². The Morgan fingerprint density at radius 1 is 1.29 bits per heavy atom. The average Bonchev–Trinajstić information content (AvgIpc) is 2.92. The smallest absolute Gasteiger partial charge is 0.239 e. The third-order valence-corrected chi connectivity index (χ3v) is 3.92. The molecule has 2 heterocycles. The number of nitrogens with zero attached hydrogens (tertiary/aromatic N) is 6. The molecular formula is C16H15BrN6O. The van der Waals surface area contributed by atoms with Crippen molar-refractivity contribution >= 4 is 27.0 Å². The third kappa shape index (κ3) is 3.36. The predicted octanol–water partition coefficient (Wildman–Crippen LogP) is 3.69. The first kappa shape index (κ1) is 16.3. The van der Waals surface area contributed by atoms with Crippen molar-refractivity contribution in [2.45, 2.75) is 27.3 Å². The minimum atomic E-state index is 0.0929. The summed E-state index contributed by atoms with van der Waals surface area (Å²) in [4.78, 5) is 7.98. The minimum Gasteiger partial charge on any atom is -0.436 e. The van der Waals surface area contributed by atoms with E-state index < -0.39 is 0 Å². The number of halogens is 1. The van der Waals surface area contributed by atoms with Crippen LogP contribution in [0.2, 0.25) is 0 Å². The Kier molecular flexibility index (Phi) is 4.20. The quantitative estimate of drug-likeness (QED) is 0.681. The molecule has 3 rings (SSSR count). The first-order chi connectivity index (χ1) is 11.4. The van der Waals surface area contributed by atoms with Crippen LogP contribution in [0.3, 0.4) is 0 Å². The summed E-state index contributed by atoms with van der Waals surface area (Å²) >= 11 is 3.51. The van der Waals surface area contributed by atoms with E-state index in [4.69, 9.17) is 10.00 Å². The predicted molar refractivity (Wildman–Crippen MR) is 91.5 cm³/mol. The molecule has 0 saturated heterocycles. The Morgan fingerprint density at radius 2 is 2.08 bits per heavy atom. The Morgan fingerprint density at radius 3 is 2.79 bits per heavy atom. The molecule has 1 aromatic carbocycles. The van der Waals surface area contributed by atoms with Crippen molar-refractivity contribution in [2.24, 2.45) is 5.41 Å². The Bertz CT molecular complexity index is 938. The monoisotopic (exact) mass is 386 g/mol. The van der Waals surface area contributed by atoms with Gasteiger partial charge in [-0.15, -0.1) is 5.10 Å². The molecule has 0 aliphatic rings. The van der Waals surface area contributed by atoms with Crippen molar-refractivity contribution in [3.8, 4) is 17.7 Å². The second-order valence-corrected chi connectivity index (χ2v) is 7.30. The molecule has 0 aliphatic heterocycles. The summed E-state index contributed by atoms with van der Waals surface area (Å²) in [7, 11) is 0. The molecule has 0 saturated carbocycles. The zero-order valence-corrected chi connectivity index (χ0v) is 15.1. The maximum Gasteiger partial charge on any atom is 0.239 e. The van der Waals surface area contributed by atoms with Crippen LogP contribution in [-0.2, 0) is 6.54 Å². The molecule has 8 heteroatoms. The molecule has 0 spiro atoms. The Balaban J connectivity index is 1.96. The Hall–Kier alpha value is -2.53. The molecule has 0 radical (unpaired) electrons. The molecule has 0 unspecified atom stereocenters. The van der Waals surface area contributed by atoms with Crippen LogP contribution in [0.25, 0.3) is 11.0 Å². The second-order valence-electron chi connectivity index (χ2n) is 6.51. The van der Waals surface area contributed by atoms with Crippen LogP contribution >= 0.6 is 15.9 Å². The molecule has 3 aromatic rings. The standard InChI is InChI=1S/C16H15BrN6O/c1-16(2,3)9-23-11-4-5-12(14(17)15(11)21-22-23)24-13-8-19-7-10(6-18)20-13/h4-5,7-8H,9H2,1-3H3. The highest BCUT2D eigenvalue weighted by molar-refractivity contribution is 9.10. The second kappa shape index (κ2) is 6.17. The van der Waals surface area contributed by atoms with Crippen molar-refractivity contribution in [3.05, 3.63) is 34.7 Å². The highest BCUT2D eigenvalue weighted by Crippen LogP contribution is 2.34. The van der Waals surface area contributed by atoms with Crippen molar-refractivity contribution in [1.82, 2.24) is 25.0 Å². The van der Waals surface area contributed by atoms with E-state index in [9.17, 15) is 0 Å². The summed E-state index contributed by atoms with van der Waals surface area (Å²) in [5.74, 6) is 0.783. The summed E-state index contributed by atoms with van der Waals surface area (Å²) < 4.78 is 8.28. The normalized spacial score (nSPS) is 11.5. The number of aromatic nitrogens is 5. The first-order valence-corrected chi connectivity index (χ1v) is 8.08. The van der Waals surface area contributed by atoms with Gasteiger partial charge in [-0.25, -0.2) is 4.68 Å². The van der Waals surface area contributed by atoms with Gasteiger partial charge in [0.15, 0.2) is 5.69 Å². The molecule has 0 amide bonds. The van der Waals surface area contributed by atoms with E-state index in [2.05, 4.69) is 57.0 Å². The van der Waals surface area contributed by atoms with Gasteiger partial charge in [0.1, 0.15) is 17.3 Å². The van der Waals surface area contributed by atoms with Gasteiger partial charge in [0.05, 0.1) is 22.4 Å². The number of hydrogen-bond donors (Lipinski definition) is 0. The fourth-order valence-electron chi connectivity index (χ4n) is 2.19. The van der Waals surface area contributed by atoms with E-state index in [0.29, 0.717) is 15.7 Å².